The molecule has 3 nitrogen and oxygen atoms in total. The zero-order chi connectivity index (χ0) is 9.40. The molecule has 64 valence electrons. The molecule has 0 bridgehead atoms. The van der Waals surface area contributed by atoms with Crippen molar-refractivity contribution in [3.05, 3.63) is 29.9 Å². The van der Waals surface area contributed by atoms with Gasteiger partial charge in [-0.3, -0.25) is 0 Å². The largest absolute Gasteiger partial charge is 0.465 e. The number of hydrogen-bond donors (Lipinski definition) is 0. The molecule has 0 N–H and O–H groups in total. The molecule has 0 aliphatic heterocycles. The van der Waals surface area contributed by atoms with E-state index in [2.05, 4.69) is 4.74 Å². The van der Waals surface area contributed by atoms with Crippen molar-refractivity contribution in [3.63, 3.8) is 0 Å². The standard InChI is InChI=1S/C9H10O3/c1-3-4-5-8(6-7-10)9(11)12-2/h3-6H,1-2H3/b4-3+,8-5+. The third-order valence-electron chi connectivity index (χ3n) is 1.10. The number of carbonyl (C=O) groups excluding carboxylic acids is 2. The van der Waals surface area contributed by atoms with Crippen molar-refractivity contribution >= 4 is 11.9 Å². The molecule has 0 unspecified atom stereocenters. The number of allylic oxidation sites excluding steroid dienone is 3. The quantitative estimate of drug-likeness (QED) is 0.272. The maximum atomic E-state index is 10.9. The zero-order valence-corrected chi connectivity index (χ0v) is 7.03. The Morgan fingerprint density at radius 3 is 2.58 bits per heavy atom. The van der Waals surface area contributed by atoms with Gasteiger partial charge in [-0.25, -0.2) is 9.59 Å². The van der Waals surface area contributed by atoms with E-state index in [1.165, 1.54) is 19.1 Å². The highest BCUT2D eigenvalue weighted by molar-refractivity contribution is 5.93. The fraction of sp³-hybridized carbons (Fsp3) is 0.222. The highest BCUT2D eigenvalue weighted by Gasteiger charge is 2.03. The minimum absolute atomic E-state index is 0.186. The lowest BCUT2D eigenvalue weighted by molar-refractivity contribution is -0.135. The van der Waals surface area contributed by atoms with Crippen LogP contribution in [0.4, 0.5) is 0 Å². The van der Waals surface area contributed by atoms with Crippen molar-refractivity contribution in [2.24, 2.45) is 0 Å². The molecule has 0 saturated heterocycles. The van der Waals surface area contributed by atoms with Crippen LogP contribution in [0.3, 0.4) is 0 Å². The van der Waals surface area contributed by atoms with Crippen LogP contribution in [0.5, 0.6) is 0 Å². The van der Waals surface area contributed by atoms with Crippen molar-refractivity contribution < 1.29 is 14.3 Å². The van der Waals surface area contributed by atoms with Gasteiger partial charge in [0.05, 0.1) is 12.7 Å². The molecule has 0 fully saturated rings. The van der Waals surface area contributed by atoms with E-state index in [1.54, 1.807) is 19.1 Å². The number of esters is 1. The fourth-order valence-electron chi connectivity index (χ4n) is 0.556. The van der Waals surface area contributed by atoms with Gasteiger partial charge in [-0.05, 0) is 13.0 Å². The van der Waals surface area contributed by atoms with Crippen molar-refractivity contribution in [3.8, 4) is 0 Å². The van der Waals surface area contributed by atoms with Gasteiger partial charge in [0.1, 0.15) is 5.94 Å². The number of carbonyl (C=O) groups is 1. The molecule has 0 aromatic carbocycles. The van der Waals surface area contributed by atoms with Gasteiger partial charge in [0.2, 0.25) is 0 Å². The zero-order valence-electron chi connectivity index (χ0n) is 7.03. The van der Waals surface area contributed by atoms with E-state index in [-0.39, 0.29) is 5.57 Å². The molecule has 0 atom stereocenters. The van der Waals surface area contributed by atoms with Crippen LogP contribution in [0, 0.1) is 0 Å². The molecule has 0 spiro atoms. The van der Waals surface area contributed by atoms with Crippen molar-refractivity contribution in [1.29, 1.82) is 0 Å². The summed E-state index contributed by atoms with van der Waals surface area (Å²) in [5.41, 5.74) is 0.186. The van der Waals surface area contributed by atoms with E-state index in [0.717, 1.165) is 6.08 Å². The molecular formula is C9H10O3. The molecule has 0 heterocycles. The second kappa shape index (κ2) is 6.13. The van der Waals surface area contributed by atoms with Gasteiger partial charge in [-0.1, -0.05) is 12.2 Å². The van der Waals surface area contributed by atoms with Crippen molar-refractivity contribution in [1.82, 2.24) is 0 Å². The number of ether oxygens (including phenoxy) is 1. The lowest BCUT2D eigenvalue weighted by Crippen LogP contribution is -2.02. The first-order valence-electron chi connectivity index (χ1n) is 3.38. The summed E-state index contributed by atoms with van der Waals surface area (Å²) in [4.78, 5) is 20.8. The Morgan fingerprint density at radius 2 is 2.17 bits per heavy atom. The molecule has 0 aromatic heterocycles. The van der Waals surface area contributed by atoms with Crippen LogP contribution in [0.15, 0.2) is 29.9 Å². The van der Waals surface area contributed by atoms with E-state index in [4.69, 9.17) is 0 Å². The minimum atomic E-state index is -0.545. The van der Waals surface area contributed by atoms with Gasteiger partial charge >= 0.3 is 5.97 Å². The number of hydrogen-bond acceptors (Lipinski definition) is 3. The third-order valence-corrected chi connectivity index (χ3v) is 1.10. The SMILES string of the molecule is C/C=C/C=C(\C=C=O)C(=O)OC. The second-order valence-electron chi connectivity index (χ2n) is 1.90. The van der Waals surface area contributed by atoms with Crippen LogP contribution in [0.2, 0.25) is 0 Å². The van der Waals surface area contributed by atoms with Crippen molar-refractivity contribution in [2.45, 2.75) is 6.92 Å². The molecule has 0 aromatic rings. The summed E-state index contributed by atoms with van der Waals surface area (Å²) in [6, 6.07) is 0. The molecule has 3 heteroatoms. The Balaban J connectivity index is 4.65. The Morgan fingerprint density at radius 1 is 1.50 bits per heavy atom. The number of methoxy groups -OCH3 is 1. The highest BCUT2D eigenvalue weighted by Crippen LogP contribution is 1.98. The van der Waals surface area contributed by atoms with Crippen LogP contribution in [-0.2, 0) is 14.3 Å². The van der Waals surface area contributed by atoms with Gasteiger partial charge in [0.25, 0.3) is 0 Å². The van der Waals surface area contributed by atoms with Gasteiger partial charge in [-0.2, -0.15) is 0 Å². The Hall–Kier alpha value is -1.60. The molecule has 0 amide bonds. The first-order chi connectivity index (χ1) is 5.76. The average Bonchev–Trinajstić information content (AvgIpc) is 2.11. The van der Waals surface area contributed by atoms with Crippen LogP contribution in [-0.4, -0.2) is 19.0 Å². The summed E-state index contributed by atoms with van der Waals surface area (Å²) in [6.45, 7) is 1.80. The smallest absolute Gasteiger partial charge is 0.338 e. The van der Waals surface area contributed by atoms with E-state index in [1.807, 2.05) is 0 Å². The predicted molar refractivity (Wildman–Crippen MR) is 45.2 cm³/mol. The third kappa shape index (κ3) is 3.54. The van der Waals surface area contributed by atoms with Gasteiger partial charge < -0.3 is 4.74 Å². The Kier molecular flexibility index (Phi) is 5.31. The van der Waals surface area contributed by atoms with Crippen LogP contribution in [0.25, 0.3) is 0 Å². The van der Waals surface area contributed by atoms with E-state index >= 15 is 0 Å². The topological polar surface area (TPSA) is 43.4 Å². The fourth-order valence-corrected chi connectivity index (χ4v) is 0.556. The number of rotatable bonds is 3. The molecule has 0 aliphatic carbocycles. The van der Waals surface area contributed by atoms with E-state index in [0.29, 0.717) is 0 Å². The first kappa shape index (κ1) is 10.4. The van der Waals surface area contributed by atoms with Gasteiger partial charge in [0.15, 0.2) is 0 Å². The summed E-state index contributed by atoms with van der Waals surface area (Å²) in [7, 11) is 1.25. The summed E-state index contributed by atoms with van der Waals surface area (Å²) in [5, 5.41) is 0. The van der Waals surface area contributed by atoms with E-state index in [9.17, 15) is 9.59 Å². The molecule has 12 heavy (non-hydrogen) atoms. The molecule has 0 saturated carbocycles. The lowest BCUT2D eigenvalue weighted by Gasteiger charge is -1.94. The normalized spacial score (nSPS) is 11.0. The van der Waals surface area contributed by atoms with Crippen LogP contribution >= 0.6 is 0 Å². The maximum Gasteiger partial charge on any atom is 0.338 e. The summed E-state index contributed by atoms with van der Waals surface area (Å²) >= 11 is 0. The van der Waals surface area contributed by atoms with Crippen LogP contribution < -0.4 is 0 Å². The molecule has 0 rings (SSSR count). The minimum Gasteiger partial charge on any atom is -0.465 e. The predicted octanol–water partition coefficient (Wildman–Crippen LogP) is 1.05. The van der Waals surface area contributed by atoms with Crippen molar-refractivity contribution in [2.75, 3.05) is 7.11 Å². The molecular weight excluding hydrogens is 156 g/mol. The summed E-state index contributed by atoms with van der Waals surface area (Å²) in [6.07, 6.45) is 5.89. The first-order valence-corrected chi connectivity index (χ1v) is 3.38. The lowest BCUT2D eigenvalue weighted by atomic mass is 10.2. The summed E-state index contributed by atoms with van der Waals surface area (Å²) < 4.78 is 4.41. The molecule has 0 radical (unpaired) electrons. The molecule has 0 aliphatic rings. The van der Waals surface area contributed by atoms with Gasteiger partial charge in [-0.15, -0.1) is 0 Å². The highest BCUT2D eigenvalue weighted by atomic mass is 16.5. The monoisotopic (exact) mass is 166 g/mol. The Bertz CT molecular complexity index is 255. The Labute approximate surface area is 71.0 Å². The second-order valence-corrected chi connectivity index (χ2v) is 1.90. The summed E-state index contributed by atoms with van der Waals surface area (Å²) in [5.74, 6) is 0.969. The van der Waals surface area contributed by atoms with Gasteiger partial charge in [0, 0.05) is 6.08 Å². The van der Waals surface area contributed by atoms with E-state index < -0.39 is 5.97 Å². The average molecular weight is 166 g/mol. The van der Waals surface area contributed by atoms with Crippen LogP contribution in [0.1, 0.15) is 6.92 Å². The maximum absolute atomic E-state index is 10.9.